The van der Waals surface area contributed by atoms with Crippen LogP contribution < -0.4 is 20.3 Å². The summed E-state index contributed by atoms with van der Waals surface area (Å²) in [5.41, 5.74) is 3.35. The summed E-state index contributed by atoms with van der Waals surface area (Å²) in [6.07, 6.45) is 0. The maximum Gasteiger partial charge on any atom is 0.272 e. The summed E-state index contributed by atoms with van der Waals surface area (Å²) in [6.45, 7) is 2.68. The first kappa shape index (κ1) is 23.8. The van der Waals surface area contributed by atoms with E-state index in [9.17, 15) is 9.59 Å². The van der Waals surface area contributed by atoms with Crippen LogP contribution in [0.15, 0.2) is 63.9 Å². The summed E-state index contributed by atoms with van der Waals surface area (Å²) in [4.78, 5) is 30.5. The molecule has 2 aromatic heterocycles. The van der Waals surface area contributed by atoms with Crippen LogP contribution in [0.5, 0.6) is 11.5 Å². The van der Waals surface area contributed by atoms with Crippen molar-refractivity contribution in [2.45, 2.75) is 25.2 Å². The molecule has 0 fully saturated rings. The second kappa shape index (κ2) is 10.8. The SMILES string of the molecule is CCn1c(SCC(=O)NCc2cccc(OC)c2OC)nc2c(-c3ccccc3)csc2c1=O. The van der Waals surface area contributed by atoms with Gasteiger partial charge in [-0.1, -0.05) is 54.2 Å². The molecule has 0 unspecified atom stereocenters. The number of amides is 1. The first-order valence-corrected chi connectivity index (χ1v) is 12.6. The molecule has 0 aliphatic carbocycles. The highest BCUT2D eigenvalue weighted by atomic mass is 32.2. The number of aromatic nitrogens is 2. The van der Waals surface area contributed by atoms with E-state index in [-0.39, 0.29) is 17.2 Å². The molecule has 0 spiro atoms. The van der Waals surface area contributed by atoms with Crippen LogP contribution in [0.1, 0.15) is 12.5 Å². The van der Waals surface area contributed by atoms with Gasteiger partial charge in [0.25, 0.3) is 5.56 Å². The number of hydrogen-bond donors (Lipinski definition) is 1. The molecule has 0 saturated heterocycles. The summed E-state index contributed by atoms with van der Waals surface area (Å²) in [7, 11) is 3.14. The van der Waals surface area contributed by atoms with Crippen molar-refractivity contribution in [2.75, 3.05) is 20.0 Å². The fourth-order valence-electron chi connectivity index (χ4n) is 3.66. The zero-order chi connectivity index (χ0) is 24.1. The highest BCUT2D eigenvalue weighted by Gasteiger charge is 2.17. The second-order valence-corrected chi connectivity index (χ2v) is 9.18. The van der Waals surface area contributed by atoms with E-state index in [1.165, 1.54) is 23.1 Å². The number of carbonyl (C=O) groups excluding carboxylic acids is 1. The maximum absolute atomic E-state index is 13.1. The average Bonchev–Trinajstić information content (AvgIpc) is 3.30. The van der Waals surface area contributed by atoms with Crippen LogP contribution in [0.25, 0.3) is 21.3 Å². The Bertz CT molecular complexity index is 1370. The van der Waals surface area contributed by atoms with Gasteiger partial charge in [0.15, 0.2) is 16.7 Å². The highest BCUT2D eigenvalue weighted by Crippen LogP contribution is 2.33. The number of rotatable bonds is 9. The molecule has 2 heterocycles. The summed E-state index contributed by atoms with van der Waals surface area (Å²) in [5.74, 6) is 1.17. The van der Waals surface area contributed by atoms with Crippen molar-refractivity contribution in [1.29, 1.82) is 0 Å². The van der Waals surface area contributed by atoms with Gasteiger partial charge in [-0.2, -0.15) is 0 Å². The summed E-state index contributed by atoms with van der Waals surface area (Å²) in [6, 6.07) is 15.4. The van der Waals surface area contributed by atoms with E-state index in [1.807, 2.05) is 54.8 Å². The molecule has 1 N–H and O–H groups in total. The lowest BCUT2D eigenvalue weighted by atomic mass is 10.1. The average molecular weight is 496 g/mol. The largest absolute Gasteiger partial charge is 0.493 e. The molecule has 34 heavy (non-hydrogen) atoms. The lowest BCUT2D eigenvalue weighted by Crippen LogP contribution is -2.26. The van der Waals surface area contributed by atoms with Crippen LogP contribution in [-0.2, 0) is 17.9 Å². The molecule has 7 nitrogen and oxygen atoms in total. The molecule has 0 radical (unpaired) electrons. The molecule has 2 aromatic carbocycles. The molecule has 0 bridgehead atoms. The van der Waals surface area contributed by atoms with Gasteiger partial charge in [0, 0.05) is 29.6 Å². The second-order valence-electron chi connectivity index (χ2n) is 7.35. The number of fused-ring (bicyclic) bond motifs is 1. The van der Waals surface area contributed by atoms with E-state index in [2.05, 4.69) is 5.32 Å². The monoisotopic (exact) mass is 495 g/mol. The molecular formula is C25H25N3O4S2. The van der Waals surface area contributed by atoms with Crippen LogP contribution in [-0.4, -0.2) is 35.4 Å². The minimum atomic E-state index is -0.166. The first-order valence-electron chi connectivity index (χ1n) is 10.7. The van der Waals surface area contributed by atoms with Gasteiger partial charge >= 0.3 is 0 Å². The van der Waals surface area contributed by atoms with Gasteiger partial charge < -0.3 is 14.8 Å². The Balaban J connectivity index is 1.53. The van der Waals surface area contributed by atoms with E-state index in [0.717, 1.165) is 16.7 Å². The van der Waals surface area contributed by atoms with E-state index < -0.39 is 0 Å². The molecule has 1 amide bonds. The van der Waals surface area contributed by atoms with Crippen LogP contribution >= 0.6 is 23.1 Å². The van der Waals surface area contributed by atoms with Gasteiger partial charge in [0.1, 0.15) is 4.70 Å². The fraction of sp³-hybridized carbons (Fsp3) is 0.240. The molecule has 4 rings (SSSR count). The lowest BCUT2D eigenvalue weighted by Gasteiger charge is -2.13. The van der Waals surface area contributed by atoms with E-state index in [0.29, 0.717) is 40.0 Å². The van der Waals surface area contributed by atoms with Crippen LogP contribution in [0.3, 0.4) is 0 Å². The smallest absolute Gasteiger partial charge is 0.272 e. The summed E-state index contributed by atoms with van der Waals surface area (Å²) < 4.78 is 13.0. The summed E-state index contributed by atoms with van der Waals surface area (Å²) in [5, 5.41) is 5.41. The molecule has 0 saturated carbocycles. The predicted molar refractivity (Wildman–Crippen MR) is 137 cm³/mol. The van der Waals surface area contributed by atoms with E-state index in [4.69, 9.17) is 14.5 Å². The van der Waals surface area contributed by atoms with Crippen LogP contribution in [0.4, 0.5) is 0 Å². The van der Waals surface area contributed by atoms with Gasteiger partial charge in [-0.05, 0) is 18.6 Å². The number of thiophene rings is 1. The number of thioether (sulfide) groups is 1. The number of carbonyl (C=O) groups is 1. The fourth-order valence-corrected chi connectivity index (χ4v) is 5.51. The van der Waals surface area contributed by atoms with E-state index in [1.54, 1.807) is 24.9 Å². The normalized spacial score (nSPS) is 10.9. The molecule has 9 heteroatoms. The minimum absolute atomic E-state index is 0.0799. The number of ether oxygens (including phenoxy) is 2. The molecule has 0 aliphatic heterocycles. The molecule has 0 atom stereocenters. The molecule has 176 valence electrons. The first-order chi connectivity index (χ1) is 16.6. The zero-order valence-electron chi connectivity index (χ0n) is 19.2. The Morgan fingerprint density at radius 1 is 1.12 bits per heavy atom. The third-order valence-corrected chi connectivity index (χ3v) is 7.27. The quantitative estimate of drug-likeness (QED) is 0.271. The van der Waals surface area contributed by atoms with E-state index >= 15 is 0 Å². The van der Waals surface area contributed by atoms with Gasteiger partial charge in [-0.15, -0.1) is 11.3 Å². The predicted octanol–water partition coefficient (Wildman–Crippen LogP) is 4.57. The number of hydrogen-bond acceptors (Lipinski definition) is 7. The third-order valence-electron chi connectivity index (χ3n) is 5.34. The van der Waals surface area contributed by atoms with Crippen molar-refractivity contribution >= 4 is 39.2 Å². The Hall–Kier alpha value is -3.30. The molecule has 0 aliphatic rings. The van der Waals surface area contributed by atoms with Crippen LogP contribution in [0, 0.1) is 0 Å². The number of nitrogens with zero attached hydrogens (tertiary/aromatic N) is 2. The Kier molecular flexibility index (Phi) is 7.54. The topological polar surface area (TPSA) is 82.5 Å². The zero-order valence-corrected chi connectivity index (χ0v) is 20.8. The van der Waals surface area contributed by atoms with Crippen molar-refractivity contribution in [3.63, 3.8) is 0 Å². The van der Waals surface area contributed by atoms with Crippen molar-refractivity contribution in [3.8, 4) is 22.6 Å². The number of nitrogens with one attached hydrogen (secondary N) is 1. The lowest BCUT2D eigenvalue weighted by molar-refractivity contribution is -0.118. The summed E-state index contributed by atoms with van der Waals surface area (Å²) >= 11 is 2.66. The number of methoxy groups -OCH3 is 2. The molecular weight excluding hydrogens is 470 g/mol. The third kappa shape index (κ3) is 4.80. The standard InChI is InChI=1S/C25H25N3O4S2/c1-4-28-24(30)23-21(18(14-33-23)16-9-6-5-7-10-16)27-25(28)34-15-20(29)26-13-17-11-8-12-19(31-2)22(17)32-3/h5-12,14H,4,13,15H2,1-3H3,(H,26,29). The maximum atomic E-state index is 13.1. The number of para-hydroxylation sites is 1. The van der Waals surface area contributed by atoms with Gasteiger partial charge in [-0.25, -0.2) is 4.98 Å². The number of benzene rings is 2. The van der Waals surface area contributed by atoms with Gasteiger partial charge in [0.2, 0.25) is 5.91 Å². The van der Waals surface area contributed by atoms with Crippen LogP contribution in [0.2, 0.25) is 0 Å². The molecule has 4 aromatic rings. The van der Waals surface area contributed by atoms with Gasteiger partial charge in [0.05, 0.1) is 25.5 Å². The van der Waals surface area contributed by atoms with Gasteiger partial charge in [-0.3, -0.25) is 14.2 Å². The minimum Gasteiger partial charge on any atom is -0.493 e. The van der Waals surface area contributed by atoms with Crippen molar-refractivity contribution in [3.05, 3.63) is 69.8 Å². The van der Waals surface area contributed by atoms with Crippen molar-refractivity contribution in [1.82, 2.24) is 14.9 Å². The Morgan fingerprint density at radius 3 is 2.62 bits per heavy atom. The van der Waals surface area contributed by atoms with Crippen molar-refractivity contribution in [2.24, 2.45) is 0 Å². The Morgan fingerprint density at radius 2 is 1.91 bits per heavy atom. The Labute approximate surface area is 205 Å². The van der Waals surface area contributed by atoms with Crippen molar-refractivity contribution < 1.29 is 14.3 Å². The highest BCUT2D eigenvalue weighted by molar-refractivity contribution is 7.99.